The second-order valence-electron chi connectivity index (χ2n) is 2.50. The molecule has 0 amide bonds. The molecule has 0 aliphatic rings. The highest BCUT2D eigenvalue weighted by Crippen LogP contribution is 2.26. The van der Waals surface area contributed by atoms with Crippen molar-refractivity contribution in [3.8, 4) is 5.75 Å². The van der Waals surface area contributed by atoms with Gasteiger partial charge in [-0.2, -0.15) is 0 Å². The lowest BCUT2D eigenvalue weighted by atomic mass is 10.1. The highest BCUT2D eigenvalue weighted by atomic mass is 35.5. The Hall–Kier alpha value is -1.55. The van der Waals surface area contributed by atoms with E-state index in [1.807, 2.05) is 0 Å². The molecule has 0 atom stereocenters. The number of carboxylic acids is 1. The number of benzene rings is 1. The van der Waals surface area contributed by atoms with Crippen molar-refractivity contribution < 1.29 is 19.4 Å². The van der Waals surface area contributed by atoms with E-state index in [9.17, 15) is 9.59 Å². The molecule has 74 valence electrons. The minimum absolute atomic E-state index is 0.0843. The molecular weight excluding hydrogens is 208 g/mol. The van der Waals surface area contributed by atoms with Crippen molar-refractivity contribution in [2.45, 2.75) is 0 Å². The van der Waals surface area contributed by atoms with Gasteiger partial charge in [-0.25, -0.2) is 4.79 Å². The molecule has 0 saturated carbocycles. The van der Waals surface area contributed by atoms with Crippen molar-refractivity contribution in [2.24, 2.45) is 0 Å². The fourth-order valence-corrected chi connectivity index (χ4v) is 1.20. The van der Waals surface area contributed by atoms with Crippen LogP contribution < -0.4 is 4.74 Å². The smallest absolute Gasteiger partial charge is 0.339 e. The zero-order chi connectivity index (χ0) is 10.7. The summed E-state index contributed by atoms with van der Waals surface area (Å²) in [4.78, 5) is 21.2. The van der Waals surface area contributed by atoms with Gasteiger partial charge in [0.2, 0.25) is 0 Å². The van der Waals surface area contributed by atoms with Gasteiger partial charge in [-0.05, 0) is 6.07 Å². The molecule has 14 heavy (non-hydrogen) atoms. The Bertz CT molecular complexity index is 387. The quantitative estimate of drug-likeness (QED) is 0.780. The predicted octanol–water partition coefficient (Wildman–Crippen LogP) is 1.86. The minimum Gasteiger partial charge on any atom is -0.496 e. The lowest BCUT2D eigenvalue weighted by molar-refractivity contribution is 0.0693. The average molecular weight is 215 g/mol. The Morgan fingerprint density at radius 1 is 1.57 bits per heavy atom. The fourth-order valence-electron chi connectivity index (χ4n) is 0.998. The van der Waals surface area contributed by atoms with Crippen molar-refractivity contribution in [1.29, 1.82) is 0 Å². The number of aromatic carboxylic acids is 1. The summed E-state index contributed by atoms with van der Waals surface area (Å²) in [6.45, 7) is 0. The molecule has 4 nitrogen and oxygen atoms in total. The van der Waals surface area contributed by atoms with Crippen LogP contribution in [0.25, 0.3) is 0 Å². The van der Waals surface area contributed by atoms with Crippen LogP contribution in [-0.4, -0.2) is 24.5 Å². The largest absolute Gasteiger partial charge is 0.496 e. The molecule has 1 N–H and O–H groups in total. The first-order valence-corrected chi connectivity index (χ1v) is 4.04. The van der Waals surface area contributed by atoms with Gasteiger partial charge < -0.3 is 9.84 Å². The second-order valence-corrected chi connectivity index (χ2v) is 2.90. The maximum atomic E-state index is 10.7. The van der Waals surface area contributed by atoms with Crippen LogP contribution in [0.3, 0.4) is 0 Å². The lowest BCUT2D eigenvalue weighted by Crippen LogP contribution is -2.02. The van der Waals surface area contributed by atoms with E-state index in [-0.39, 0.29) is 21.9 Å². The molecule has 0 saturated heterocycles. The molecule has 5 heteroatoms. The van der Waals surface area contributed by atoms with E-state index in [4.69, 9.17) is 21.4 Å². The van der Waals surface area contributed by atoms with Gasteiger partial charge in [0.1, 0.15) is 11.3 Å². The SMILES string of the molecule is COc1cc(Cl)c(C=O)cc1C(=O)O. The number of rotatable bonds is 3. The van der Waals surface area contributed by atoms with Gasteiger partial charge >= 0.3 is 5.97 Å². The molecule has 0 aromatic heterocycles. The van der Waals surface area contributed by atoms with Crippen molar-refractivity contribution in [3.05, 3.63) is 28.3 Å². The highest BCUT2D eigenvalue weighted by molar-refractivity contribution is 6.33. The summed E-state index contributed by atoms with van der Waals surface area (Å²) in [5.74, 6) is -1.03. The number of hydrogen-bond donors (Lipinski definition) is 1. The monoisotopic (exact) mass is 214 g/mol. The highest BCUT2D eigenvalue weighted by Gasteiger charge is 2.14. The van der Waals surface area contributed by atoms with Crippen LogP contribution in [-0.2, 0) is 0 Å². The molecule has 0 aliphatic heterocycles. The molecule has 0 bridgehead atoms. The van der Waals surface area contributed by atoms with Crippen molar-refractivity contribution in [2.75, 3.05) is 7.11 Å². The summed E-state index contributed by atoms with van der Waals surface area (Å²) >= 11 is 5.68. The van der Waals surface area contributed by atoms with E-state index in [0.717, 1.165) is 0 Å². The summed E-state index contributed by atoms with van der Waals surface area (Å²) in [6, 6.07) is 2.48. The van der Waals surface area contributed by atoms with Gasteiger partial charge in [0.15, 0.2) is 6.29 Å². The van der Waals surface area contributed by atoms with Crippen LogP contribution in [0.2, 0.25) is 5.02 Å². The standard InChI is InChI=1S/C9H7ClO4/c1-14-8-3-7(10)5(4-11)2-6(8)9(12)13/h2-4H,1H3,(H,12,13). The van der Waals surface area contributed by atoms with Gasteiger partial charge in [0.25, 0.3) is 0 Å². The molecule has 0 heterocycles. The zero-order valence-electron chi connectivity index (χ0n) is 7.28. The lowest BCUT2D eigenvalue weighted by Gasteiger charge is -2.06. The first-order chi connectivity index (χ1) is 6.60. The second kappa shape index (κ2) is 4.11. The first kappa shape index (κ1) is 10.5. The van der Waals surface area contributed by atoms with Crippen molar-refractivity contribution >= 4 is 23.9 Å². The van der Waals surface area contributed by atoms with Gasteiger partial charge in [-0.1, -0.05) is 11.6 Å². The molecule has 0 spiro atoms. The number of hydrogen-bond acceptors (Lipinski definition) is 3. The Kier molecular flexibility index (Phi) is 3.09. The number of carboxylic acid groups (broad SMARTS) is 1. The molecule has 0 aliphatic carbocycles. The van der Waals surface area contributed by atoms with Gasteiger partial charge in [-0.3, -0.25) is 4.79 Å². The Labute approximate surface area is 85.1 Å². The predicted molar refractivity (Wildman–Crippen MR) is 50.4 cm³/mol. The zero-order valence-corrected chi connectivity index (χ0v) is 8.04. The van der Waals surface area contributed by atoms with E-state index in [2.05, 4.69) is 0 Å². The number of methoxy groups -OCH3 is 1. The maximum Gasteiger partial charge on any atom is 0.339 e. The topological polar surface area (TPSA) is 63.6 Å². The Morgan fingerprint density at radius 2 is 2.21 bits per heavy atom. The van der Waals surface area contributed by atoms with Crippen LogP contribution in [0.5, 0.6) is 5.75 Å². The van der Waals surface area contributed by atoms with Gasteiger partial charge in [-0.15, -0.1) is 0 Å². The van der Waals surface area contributed by atoms with Crippen molar-refractivity contribution in [1.82, 2.24) is 0 Å². The number of ether oxygens (including phenoxy) is 1. The van der Waals surface area contributed by atoms with Crippen LogP contribution in [0.1, 0.15) is 20.7 Å². The molecule has 0 fully saturated rings. The third kappa shape index (κ3) is 1.85. The van der Waals surface area contributed by atoms with Crippen LogP contribution >= 0.6 is 11.6 Å². The fraction of sp³-hybridized carbons (Fsp3) is 0.111. The summed E-state index contributed by atoms with van der Waals surface area (Å²) in [7, 11) is 1.33. The molecular formula is C9H7ClO4. The maximum absolute atomic E-state index is 10.7. The molecule has 0 radical (unpaired) electrons. The summed E-state index contributed by atoms with van der Waals surface area (Å²) in [6.07, 6.45) is 0.494. The van der Waals surface area contributed by atoms with Crippen molar-refractivity contribution in [3.63, 3.8) is 0 Å². The van der Waals surface area contributed by atoms with Crippen LogP contribution in [0.15, 0.2) is 12.1 Å². The molecule has 1 rings (SSSR count). The normalized spacial score (nSPS) is 9.57. The number of carbonyl (C=O) groups excluding carboxylic acids is 1. The molecule has 0 unspecified atom stereocenters. The molecule has 1 aromatic rings. The number of carbonyl (C=O) groups is 2. The van der Waals surface area contributed by atoms with Gasteiger partial charge in [0.05, 0.1) is 12.1 Å². The van der Waals surface area contributed by atoms with E-state index in [1.54, 1.807) is 0 Å². The summed E-state index contributed by atoms with van der Waals surface area (Å²) < 4.78 is 4.81. The minimum atomic E-state index is -1.17. The van der Waals surface area contributed by atoms with E-state index >= 15 is 0 Å². The van der Waals surface area contributed by atoms with Gasteiger partial charge in [0, 0.05) is 11.6 Å². The Morgan fingerprint density at radius 3 is 2.64 bits per heavy atom. The number of halogens is 1. The Balaban J connectivity index is 3.39. The third-order valence-corrected chi connectivity index (χ3v) is 2.00. The van der Waals surface area contributed by atoms with E-state index in [1.165, 1.54) is 19.2 Å². The van der Waals surface area contributed by atoms with E-state index < -0.39 is 5.97 Å². The number of aldehydes is 1. The summed E-state index contributed by atoms with van der Waals surface area (Å²) in [5, 5.41) is 8.94. The third-order valence-electron chi connectivity index (χ3n) is 1.68. The van der Waals surface area contributed by atoms with Crippen LogP contribution in [0, 0.1) is 0 Å². The molecule has 1 aromatic carbocycles. The summed E-state index contributed by atoms with van der Waals surface area (Å²) in [5.41, 5.74) is 0.0452. The first-order valence-electron chi connectivity index (χ1n) is 3.66. The van der Waals surface area contributed by atoms with Crippen LogP contribution in [0.4, 0.5) is 0 Å². The average Bonchev–Trinajstić information content (AvgIpc) is 2.16. The van der Waals surface area contributed by atoms with E-state index in [0.29, 0.717) is 6.29 Å².